The molecule has 0 aromatic carbocycles. The highest BCUT2D eigenvalue weighted by atomic mass is 14.8. The van der Waals surface area contributed by atoms with Gasteiger partial charge in [0.15, 0.2) is 0 Å². The van der Waals surface area contributed by atoms with Gasteiger partial charge in [0.05, 0.1) is 0 Å². The summed E-state index contributed by atoms with van der Waals surface area (Å²) < 4.78 is 0. The fraction of sp³-hybridized carbons (Fsp3) is 0.636. The average molecular weight is 180 g/mol. The van der Waals surface area contributed by atoms with E-state index in [0.717, 1.165) is 6.42 Å². The molecular weight excluding hydrogens is 160 g/mol. The number of aromatic nitrogens is 2. The highest BCUT2D eigenvalue weighted by molar-refractivity contribution is 5.18. The minimum atomic E-state index is 0.507. The summed E-state index contributed by atoms with van der Waals surface area (Å²) in [6.45, 7) is 10.4. The molecule has 74 valence electrons. The minimum Gasteiger partial charge on any atom is -0.245 e. The molecule has 2 nitrogen and oxygen atoms in total. The van der Waals surface area contributed by atoms with Crippen molar-refractivity contribution in [1.29, 1.82) is 0 Å². The molecule has 0 aliphatic heterocycles. The van der Waals surface area contributed by atoms with Crippen LogP contribution in [0.15, 0.2) is 12.5 Å². The van der Waals surface area contributed by atoms with E-state index >= 15 is 0 Å². The number of aryl methyl sites for hydroxylation is 1. The average Bonchev–Trinajstić information content (AvgIpc) is 2.20. The van der Waals surface area contributed by atoms with E-state index < -0.39 is 0 Å². The van der Waals surface area contributed by atoms with E-state index in [1.165, 1.54) is 11.3 Å². The molecule has 1 rings (SSSR count). The van der Waals surface area contributed by atoms with Crippen molar-refractivity contribution in [3.63, 3.8) is 0 Å². The second kappa shape index (κ2) is 6.58. The third-order valence-electron chi connectivity index (χ3n) is 1.75. The summed E-state index contributed by atoms with van der Waals surface area (Å²) in [5.41, 5.74) is 2.45. The van der Waals surface area contributed by atoms with Gasteiger partial charge in [0.1, 0.15) is 6.33 Å². The van der Waals surface area contributed by atoms with E-state index in [1.807, 2.05) is 20.0 Å². The highest BCUT2D eigenvalue weighted by Crippen LogP contribution is 2.15. The molecule has 0 bridgehead atoms. The van der Waals surface area contributed by atoms with Gasteiger partial charge in [-0.1, -0.05) is 34.6 Å². The maximum Gasteiger partial charge on any atom is 0.115 e. The van der Waals surface area contributed by atoms with Crippen LogP contribution < -0.4 is 0 Å². The molecular formula is C11H20N2. The Labute approximate surface area is 81.4 Å². The molecule has 0 atom stereocenters. The second-order valence-electron chi connectivity index (χ2n) is 2.94. The molecule has 0 saturated carbocycles. The summed E-state index contributed by atoms with van der Waals surface area (Å²) >= 11 is 0. The van der Waals surface area contributed by atoms with Crippen molar-refractivity contribution in [2.24, 2.45) is 0 Å². The molecule has 0 saturated heterocycles. The second-order valence-corrected chi connectivity index (χ2v) is 2.94. The van der Waals surface area contributed by atoms with Crippen LogP contribution in [0, 0.1) is 0 Å². The molecule has 0 amide bonds. The fourth-order valence-electron chi connectivity index (χ4n) is 1.16. The van der Waals surface area contributed by atoms with Crippen molar-refractivity contribution < 1.29 is 0 Å². The zero-order valence-electron chi connectivity index (χ0n) is 9.33. The summed E-state index contributed by atoms with van der Waals surface area (Å²) in [7, 11) is 0. The Balaban J connectivity index is 0.000000671. The van der Waals surface area contributed by atoms with Crippen molar-refractivity contribution in [2.75, 3.05) is 0 Å². The Morgan fingerprint density at radius 2 is 1.92 bits per heavy atom. The normalized spacial score (nSPS) is 9.38. The highest BCUT2D eigenvalue weighted by Gasteiger charge is 2.04. The van der Waals surface area contributed by atoms with E-state index in [9.17, 15) is 0 Å². The standard InChI is InChI=1S/C9H14N2.C2H6/c1-4-8-5-10-6-11-9(8)7(2)3;1-2/h5-7H,4H2,1-3H3;1-2H3. The van der Waals surface area contributed by atoms with E-state index in [0.29, 0.717) is 5.92 Å². The van der Waals surface area contributed by atoms with Crippen molar-refractivity contribution >= 4 is 0 Å². The van der Waals surface area contributed by atoms with Gasteiger partial charge in [-0.2, -0.15) is 0 Å². The van der Waals surface area contributed by atoms with Crippen LogP contribution in [0.4, 0.5) is 0 Å². The molecule has 0 aliphatic carbocycles. The van der Waals surface area contributed by atoms with Crippen LogP contribution in [-0.4, -0.2) is 9.97 Å². The van der Waals surface area contributed by atoms with E-state index in [4.69, 9.17) is 0 Å². The molecule has 13 heavy (non-hydrogen) atoms. The van der Waals surface area contributed by atoms with Crippen LogP contribution in [0.3, 0.4) is 0 Å². The van der Waals surface area contributed by atoms with Gasteiger partial charge in [0, 0.05) is 11.9 Å². The van der Waals surface area contributed by atoms with Crippen molar-refractivity contribution in [3.05, 3.63) is 23.8 Å². The predicted molar refractivity (Wildman–Crippen MR) is 56.8 cm³/mol. The summed E-state index contributed by atoms with van der Waals surface area (Å²) in [5, 5.41) is 0. The van der Waals surface area contributed by atoms with Crippen LogP contribution in [0.5, 0.6) is 0 Å². The lowest BCUT2D eigenvalue weighted by molar-refractivity contribution is 0.788. The monoisotopic (exact) mass is 180 g/mol. The number of rotatable bonds is 2. The number of hydrogen-bond acceptors (Lipinski definition) is 2. The number of hydrogen-bond donors (Lipinski definition) is 0. The quantitative estimate of drug-likeness (QED) is 0.698. The summed E-state index contributed by atoms with van der Waals surface area (Å²) in [5.74, 6) is 0.507. The number of nitrogens with zero attached hydrogens (tertiary/aromatic N) is 2. The molecule has 0 N–H and O–H groups in total. The lowest BCUT2D eigenvalue weighted by Gasteiger charge is -2.07. The first-order chi connectivity index (χ1) is 6.25. The Bertz CT molecular complexity index is 231. The first-order valence-corrected chi connectivity index (χ1v) is 5.04. The van der Waals surface area contributed by atoms with E-state index in [1.54, 1.807) is 6.33 Å². The molecule has 0 spiro atoms. The van der Waals surface area contributed by atoms with Crippen molar-refractivity contribution in [3.8, 4) is 0 Å². The van der Waals surface area contributed by atoms with Crippen molar-refractivity contribution in [2.45, 2.75) is 47.0 Å². The first kappa shape index (κ1) is 12.1. The Hall–Kier alpha value is -0.920. The van der Waals surface area contributed by atoms with Gasteiger partial charge in [-0.05, 0) is 17.9 Å². The zero-order chi connectivity index (χ0) is 10.3. The molecule has 1 aromatic rings. The molecule has 1 heterocycles. The maximum absolute atomic E-state index is 4.24. The third-order valence-corrected chi connectivity index (χ3v) is 1.75. The molecule has 1 aromatic heterocycles. The van der Waals surface area contributed by atoms with Crippen LogP contribution in [0.2, 0.25) is 0 Å². The summed E-state index contributed by atoms with van der Waals surface area (Å²) in [6, 6.07) is 0. The smallest absolute Gasteiger partial charge is 0.115 e. The lowest BCUT2D eigenvalue weighted by atomic mass is 10.0. The predicted octanol–water partition coefficient (Wildman–Crippen LogP) is 3.19. The lowest BCUT2D eigenvalue weighted by Crippen LogP contribution is -1.99. The van der Waals surface area contributed by atoms with Gasteiger partial charge < -0.3 is 0 Å². The Morgan fingerprint density at radius 3 is 2.31 bits per heavy atom. The van der Waals surface area contributed by atoms with Crippen LogP contribution in [0.1, 0.15) is 51.8 Å². The minimum absolute atomic E-state index is 0.507. The van der Waals surface area contributed by atoms with Crippen molar-refractivity contribution in [1.82, 2.24) is 9.97 Å². The summed E-state index contributed by atoms with van der Waals surface area (Å²) in [4.78, 5) is 8.23. The van der Waals surface area contributed by atoms with E-state index in [-0.39, 0.29) is 0 Å². The SMILES string of the molecule is CC.CCc1cncnc1C(C)C. The summed E-state index contributed by atoms with van der Waals surface area (Å²) in [6.07, 6.45) is 4.55. The van der Waals surface area contributed by atoms with E-state index in [2.05, 4.69) is 30.7 Å². The Morgan fingerprint density at radius 1 is 1.31 bits per heavy atom. The molecule has 2 heteroatoms. The third kappa shape index (κ3) is 3.53. The van der Waals surface area contributed by atoms with Gasteiger partial charge in [-0.15, -0.1) is 0 Å². The first-order valence-electron chi connectivity index (χ1n) is 5.04. The van der Waals surface area contributed by atoms with Gasteiger partial charge in [0.25, 0.3) is 0 Å². The molecule has 0 unspecified atom stereocenters. The van der Waals surface area contributed by atoms with Crippen LogP contribution in [0.25, 0.3) is 0 Å². The van der Waals surface area contributed by atoms with Crippen LogP contribution in [-0.2, 0) is 6.42 Å². The topological polar surface area (TPSA) is 25.8 Å². The Kier molecular flexibility index (Phi) is 6.11. The fourth-order valence-corrected chi connectivity index (χ4v) is 1.16. The molecule has 0 fully saturated rings. The molecule has 0 radical (unpaired) electrons. The maximum atomic E-state index is 4.24. The zero-order valence-corrected chi connectivity index (χ0v) is 9.33. The van der Waals surface area contributed by atoms with Gasteiger partial charge in [0.2, 0.25) is 0 Å². The molecule has 0 aliphatic rings. The van der Waals surface area contributed by atoms with Gasteiger partial charge in [-0.3, -0.25) is 0 Å². The largest absolute Gasteiger partial charge is 0.245 e. The van der Waals surface area contributed by atoms with Gasteiger partial charge >= 0.3 is 0 Å². The van der Waals surface area contributed by atoms with Gasteiger partial charge in [-0.25, -0.2) is 9.97 Å². The van der Waals surface area contributed by atoms with Crippen LogP contribution >= 0.6 is 0 Å².